The number of methoxy groups -OCH3 is 1. The molecule has 1 N–H and O–H groups in total. The first-order valence-electron chi connectivity index (χ1n) is 13.4. The Balaban J connectivity index is 1.31. The van der Waals surface area contributed by atoms with Crippen LogP contribution in [0.15, 0.2) is 61.1 Å². The van der Waals surface area contributed by atoms with Crippen LogP contribution in [-0.2, 0) is 12.7 Å². The number of halogens is 3. The molecule has 1 aliphatic rings. The molecule has 0 bridgehead atoms. The Morgan fingerprint density at radius 1 is 1.00 bits per heavy atom. The lowest BCUT2D eigenvalue weighted by Gasteiger charge is -2.14. The third-order valence-corrected chi connectivity index (χ3v) is 7.08. The van der Waals surface area contributed by atoms with Crippen molar-refractivity contribution in [2.45, 2.75) is 51.4 Å². The molecular formula is C30H28F3N7O. The van der Waals surface area contributed by atoms with E-state index in [4.69, 9.17) is 14.7 Å². The van der Waals surface area contributed by atoms with Gasteiger partial charge in [0.2, 0.25) is 5.88 Å². The number of fused-ring (bicyclic) bond motifs is 1. The number of hydrogen-bond acceptors (Lipinski definition) is 7. The summed E-state index contributed by atoms with van der Waals surface area (Å²) in [6.45, 7) is 4.09. The Labute approximate surface area is 234 Å². The Hall–Kier alpha value is -4.54. The van der Waals surface area contributed by atoms with Crippen molar-refractivity contribution >= 4 is 16.7 Å². The zero-order chi connectivity index (χ0) is 28.7. The van der Waals surface area contributed by atoms with Crippen molar-refractivity contribution in [3.8, 4) is 28.7 Å². The highest BCUT2D eigenvalue weighted by Crippen LogP contribution is 2.45. The summed E-state index contributed by atoms with van der Waals surface area (Å²) >= 11 is 0. The highest BCUT2D eigenvalue weighted by Gasteiger charge is 2.35. The van der Waals surface area contributed by atoms with E-state index >= 15 is 0 Å². The Bertz CT molecular complexity index is 1710. The molecule has 0 aliphatic heterocycles. The number of imidazole rings is 1. The van der Waals surface area contributed by atoms with Gasteiger partial charge in [-0.1, -0.05) is 36.4 Å². The van der Waals surface area contributed by atoms with Crippen LogP contribution in [0.25, 0.3) is 33.7 Å². The number of anilines is 1. The van der Waals surface area contributed by atoms with Crippen LogP contribution in [0, 0.1) is 0 Å². The van der Waals surface area contributed by atoms with Crippen molar-refractivity contribution in [1.82, 2.24) is 29.5 Å². The lowest BCUT2D eigenvalue weighted by Crippen LogP contribution is -2.07. The standard InChI is InChI=1S/C30H28F3N7O/c1-17(2)40-15-23(30(31,32)33)38-28(40)20-10-8-18(9-11-20)14-34-26-21-6-4-5-7-22(21)37-27(39-26)24-25(19-12-13-19)35-16-36-29(24)41-3/h4-11,15-17,19H,12-14H2,1-3H3,(H,34,37,39). The van der Waals surface area contributed by atoms with Crippen LogP contribution in [0.1, 0.15) is 55.6 Å². The summed E-state index contributed by atoms with van der Waals surface area (Å²) in [6.07, 6.45) is 0.173. The van der Waals surface area contributed by atoms with E-state index in [9.17, 15) is 13.2 Å². The summed E-state index contributed by atoms with van der Waals surface area (Å²) in [7, 11) is 1.57. The van der Waals surface area contributed by atoms with Gasteiger partial charge in [0.25, 0.3) is 0 Å². The van der Waals surface area contributed by atoms with Crippen LogP contribution in [0.4, 0.5) is 19.0 Å². The van der Waals surface area contributed by atoms with Gasteiger partial charge in [0.1, 0.15) is 23.5 Å². The van der Waals surface area contributed by atoms with E-state index in [1.54, 1.807) is 23.8 Å². The van der Waals surface area contributed by atoms with Gasteiger partial charge in [0.15, 0.2) is 11.5 Å². The van der Waals surface area contributed by atoms with Gasteiger partial charge in [-0.3, -0.25) is 0 Å². The molecule has 210 valence electrons. The summed E-state index contributed by atoms with van der Waals surface area (Å²) in [5.41, 5.74) is 3.00. The smallest absolute Gasteiger partial charge is 0.434 e. The fraction of sp³-hybridized carbons (Fsp3) is 0.300. The topological polar surface area (TPSA) is 90.6 Å². The number of benzene rings is 2. The fourth-order valence-electron chi connectivity index (χ4n) is 4.83. The third-order valence-electron chi connectivity index (χ3n) is 7.08. The maximum atomic E-state index is 13.3. The Kier molecular flexibility index (Phi) is 6.80. The predicted octanol–water partition coefficient (Wildman–Crippen LogP) is 7.05. The van der Waals surface area contributed by atoms with E-state index in [-0.39, 0.29) is 11.9 Å². The molecule has 6 rings (SSSR count). The largest absolute Gasteiger partial charge is 0.480 e. The van der Waals surface area contributed by atoms with Crippen molar-refractivity contribution in [2.24, 2.45) is 0 Å². The SMILES string of the molecule is COc1ncnc(C2CC2)c1-c1nc(NCc2ccc(-c3nc(C(F)(F)F)cn3C(C)C)cc2)c2ccccc2n1. The van der Waals surface area contributed by atoms with Crippen LogP contribution in [-0.4, -0.2) is 36.6 Å². The first-order chi connectivity index (χ1) is 19.7. The van der Waals surface area contributed by atoms with Gasteiger partial charge < -0.3 is 14.6 Å². The van der Waals surface area contributed by atoms with E-state index in [0.29, 0.717) is 41.1 Å². The van der Waals surface area contributed by atoms with Gasteiger partial charge in [-0.25, -0.2) is 24.9 Å². The van der Waals surface area contributed by atoms with Crippen LogP contribution in [0.2, 0.25) is 0 Å². The Morgan fingerprint density at radius 2 is 1.76 bits per heavy atom. The molecule has 2 aromatic carbocycles. The molecule has 11 heteroatoms. The minimum atomic E-state index is -4.51. The molecule has 0 saturated heterocycles. The number of hydrogen-bond donors (Lipinski definition) is 1. The molecule has 0 radical (unpaired) electrons. The second kappa shape index (κ2) is 10.5. The summed E-state index contributed by atoms with van der Waals surface area (Å²) in [5, 5.41) is 4.28. The molecule has 41 heavy (non-hydrogen) atoms. The summed E-state index contributed by atoms with van der Waals surface area (Å²) < 4.78 is 47.1. The minimum absolute atomic E-state index is 0.177. The molecule has 8 nitrogen and oxygen atoms in total. The van der Waals surface area contributed by atoms with Crippen LogP contribution >= 0.6 is 0 Å². The minimum Gasteiger partial charge on any atom is -0.480 e. The van der Waals surface area contributed by atoms with E-state index in [0.717, 1.165) is 41.2 Å². The Morgan fingerprint density at radius 3 is 2.44 bits per heavy atom. The molecule has 0 spiro atoms. The summed E-state index contributed by atoms with van der Waals surface area (Å²) in [4.78, 5) is 22.4. The van der Waals surface area contributed by atoms with Crippen LogP contribution < -0.4 is 10.1 Å². The molecule has 0 amide bonds. The first kappa shape index (κ1) is 26.7. The van der Waals surface area contributed by atoms with Gasteiger partial charge in [0, 0.05) is 35.7 Å². The first-order valence-corrected chi connectivity index (χ1v) is 13.4. The van der Waals surface area contributed by atoms with Gasteiger partial charge in [0.05, 0.1) is 18.3 Å². The van der Waals surface area contributed by atoms with Crippen molar-refractivity contribution in [2.75, 3.05) is 12.4 Å². The van der Waals surface area contributed by atoms with Crippen molar-refractivity contribution in [1.29, 1.82) is 0 Å². The number of alkyl halides is 3. The highest BCUT2D eigenvalue weighted by atomic mass is 19.4. The molecule has 0 unspecified atom stereocenters. The van der Waals surface area contributed by atoms with Gasteiger partial charge in [-0.05, 0) is 44.4 Å². The van der Waals surface area contributed by atoms with E-state index in [2.05, 4.69) is 20.3 Å². The number of para-hydroxylation sites is 1. The van der Waals surface area contributed by atoms with Gasteiger partial charge >= 0.3 is 6.18 Å². The van der Waals surface area contributed by atoms with Crippen LogP contribution in [0.3, 0.4) is 0 Å². The maximum absolute atomic E-state index is 13.3. The zero-order valence-corrected chi connectivity index (χ0v) is 22.8. The molecule has 5 aromatic rings. The third kappa shape index (κ3) is 5.31. The molecular weight excluding hydrogens is 531 g/mol. The maximum Gasteiger partial charge on any atom is 0.434 e. The van der Waals surface area contributed by atoms with E-state index in [1.807, 2.05) is 50.2 Å². The van der Waals surface area contributed by atoms with E-state index in [1.165, 1.54) is 6.33 Å². The second-order valence-electron chi connectivity index (χ2n) is 10.3. The molecule has 1 saturated carbocycles. The normalized spacial score (nSPS) is 13.6. The molecule has 1 aliphatic carbocycles. The molecule has 0 atom stereocenters. The summed E-state index contributed by atoms with van der Waals surface area (Å²) in [5.74, 6) is 2.19. The number of nitrogens with one attached hydrogen (secondary N) is 1. The zero-order valence-electron chi connectivity index (χ0n) is 22.8. The van der Waals surface area contributed by atoms with E-state index < -0.39 is 11.9 Å². The van der Waals surface area contributed by atoms with Crippen molar-refractivity contribution < 1.29 is 17.9 Å². The predicted molar refractivity (Wildman–Crippen MR) is 149 cm³/mol. The molecule has 1 fully saturated rings. The number of aromatic nitrogens is 6. The highest BCUT2D eigenvalue weighted by molar-refractivity contribution is 5.91. The number of nitrogens with zero attached hydrogens (tertiary/aromatic N) is 6. The lowest BCUT2D eigenvalue weighted by atomic mass is 10.1. The average molecular weight is 560 g/mol. The number of ether oxygens (including phenoxy) is 1. The molecule has 3 heterocycles. The van der Waals surface area contributed by atoms with Crippen molar-refractivity contribution in [3.63, 3.8) is 0 Å². The quantitative estimate of drug-likeness (QED) is 0.218. The fourth-order valence-corrected chi connectivity index (χ4v) is 4.83. The van der Waals surface area contributed by atoms with Gasteiger partial charge in [-0.15, -0.1) is 0 Å². The molecule has 3 aromatic heterocycles. The van der Waals surface area contributed by atoms with Crippen LogP contribution in [0.5, 0.6) is 5.88 Å². The monoisotopic (exact) mass is 559 g/mol. The summed E-state index contributed by atoms with van der Waals surface area (Å²) in [6, 6.07) is 14.9. The second-order valence-corrected chi connectivity index (χ2v) is 10.3. The average Bonchev–Trinajstić information content (AvgIpc) is 3.71. The van der Waals surface area contributed by atoms with Crippen molar-refractivity contribution in [3.05, 3.63) is 78.0 Å². The van der Waals surface area contributed by atoms with Gasteiger partial charge in [-0.2, -0.15) is 13.2 Å². The number of rotatable bonds is 8. The lowest BCUT2D eigenvalue weighted by molar-refractivity contribution is -0.140.